The van der Waals surface area contributed by atoms with Crippen molar-refractivity contribution < 1.29 is 29.6 Å². The number of amides is 2. The van der Waals surface area contributed by atoms with Crippen molar-refractivity contribution in [1.29, 1.82) is 0 Å². The molecule has 10 nitrogen and oxygen atoms in total. The Morgan fingerprint density at radius 1 is 1.04 bits per heavy atom. The minimum absolute atomic E-state index is 0. The Morgan fingerprint density at radius 3 is 2.14 bits per heavy atom. The summed E-state index contributed by atoms with van der Waals surface area (Å²) in [6, 6.07) is 18.8. The highest BCUT2D eigenvalue weighted by atomic mass is 32.2. The second kappa shape index (κ2) is 22.3. The number of ether oxygens (including phenoxy) is 3. The summed E-state index contributed by atoms with van der Waals surface area (Å²) in [6.07, 6.45) is 1.49. The van der Waals surface area contributed by atoms with E-state index in [0.29, 0.717) is 40.7 Å². The van der Waals surface area contributed by atoms with Crippen LogP contribution >= 0.6 is 11.8 Å². The van der Waals surface area contributed by atoms with Crippen LogP contribution in [0.2, 0.25) is 0 Å². The van der Waals surface area contributed by atoms with Crippen molar-refractivity contribution in [2.75, 3.05) is 38.3 Å². The fourth-order valence-electron chi connectivity index (χ4n) is 4.43. The standard InChI is InChI=1S/C34H42FN5O4S.C2H6O.C2H6.H2/c1-9-30(37-33(42)44-34(4,5)6)32(41)39(21-25-15-17-27(18-16-25)43-26-13-11-10-12-14-26)31-20-28(29(35)19-23(31)2)24(3)40(22-45-8)38-36-7;1-3-2;1-2;/h10-20,30H,3,9,21-22H2,1-2,4-8H3,(H,37,42);1-2H3;1-2H3;1H/t30-;;;/m0.../s1. The molecule has 0 unspecified atom stereocenters. The second-order valence-electron chi connectivity index (χ2n) is 11.7. The summed E-state index contributed by atoms with van der Waals surface area (Å²) in [6.45, 7) is 17.0. The van der Waals surface area contributed by atoms with Gasteiger partial charge in [0.05, 0.1) is 25.2 Å². The van der Waals surface area contributed by atoms with Crippen molar-refractivity contribution in [3.8, 4) is 11.5 Å². The van der Waals surface area contributed by atoms with E-state index in [1.54, 1.807) is 59.8 Å². The van der Waals surface area contributed by atoms with Gasteiger partial charge in [0.25, 0.3) is 0 Å². The fourth-order valence-corrected chi connectivity index (χ4v) is 4.88. The van der Waals surface area contributed by atoms with Crippen LogP contribution in [0, 0.1) is 12.7 Å². The molecule has 0 heterocycles. The van der Waals surface area contributed by atoms with Gasteiger partial charge in [-0.2, -0.15) is 5.11 Å². The second-order valence-corrected chi connectivity index (χ2v) is 12.5. The largest absolute Gasteiger partial charge is 0.457 e. The first-order chi connectivity index (χ1) is 23.8. The molecule has 0 aromatic heterocycles. The third kappa shape index (κ3) is 14.2. The Labute approximate surface area is 303 Å². The molecule has 0 saturated carbocycles. The average Bonchev–Trinajstić information content (AvgIpc) is 3.07. The maximum Gasteiger partial charge on any atom is 0.408 e. The van der Waals surface area contributed by atoms with Crippen LogP contribution in [0.25, 0.3) is 5.70 Å². The number of benzene rings is 3. The van der Waals surface area contributed by atoms with Gasteiger partial charge in [0, 0.05) is 26.9 Å². The van der Waals surface area contributed by atoms with Crippen LogP contribution in [0.4, 0.5) is 14.9 Å². The van der Waals surface area contributed by atoms with E-state index in [1.807, 2.05) is 74.7 Å². The number of hydrogen-bond acceptors (Lipinski definition) is 8. The Kier molecular flexibility index (Phi) is 19.5. The normalized spacial score (nSPS) is 11.3. The molecule has 0 bridgehead atoms. The first kappa shape index (κ1) is 43.6. The van der Waals surface area contributed by atoms with E-state index >= 15 is 4.39 Å². The Bertz CT molecular complexity index is 1520. The van der Waals surface area contributed by atoms with Crippen LogP contribution < -0.4 is 15.0 Å². The molecule has 276 valence electrons. The van der Waals surface area contributed by atoms with E-state index in [9.17, 15) is 9.59 Å². The topological polar surface area (TPSA) is 105 Å². The number of nitrogens with zero attached hydrogens (tertiary/aromatic N) is 4. The number of carbonyl (C=O) groups excluding carboxylic acids is 2. The molecule has 0 aliphatic carbocycles. The summed E-state index contributed by atoms with van der Waals surface area (Å²) in [5.41, 5.74) is 1.52. The zero-order valence-corrected chi connectivity index (χ0v) is 32.2. The van der Waals surface area contributed by atoms with Crippen molar-refractivity contribution >= 4 is 35.1 Å². The first-order valence-corrected chi connectivity index (χ1v) is 17.8. The summed E-state index contributed by atoms with van der Waals surface area (Å²) in [7, 11) is 4.77. The predicted molar refractivity (Wildman–Crippen MR) is 205 cm³/mol. The Morgan fingerprint density at radius 2 is 1.62 bits per heavy atom. The quantitative estimate of drug-likeness (QED) is 0.107. The minimum atomic E-state index is -0.904. The molecule has 1 N–H and O–H groups in total. The lowest BCUT2D eigenvalue weighted by atomic mass is 10.0. The summed E-state index contributed by atoms with van der Waals surface area (Å²) in [4.78, 5) is 28.4. The highest BCUT2D eigenvalue weighted by Gasteiger charge is 2.30. The van der Waals surface area contributed by atoms with Gasteiger partial charge >= 0.3 is 6.09 Å². The molecule has 0 aliphatic heterocycles. The number of hydrogen-bond donors (Lipinski definition) is 1. The van der Waals surface area contributed by atoms with Gasteiger partial charge in [-0.3, -0.25) is 4.79 Å². The molecule has 3 aromatic rings. The van der Waals surface area contributed by atoms with E-state index in [-0.39, 0.29) is 19.4 Å². The van der Waals surface area contributed by atoms with E-state index in [0.717, 1.165) is 5.56 Å². The van der Waals surface area contributed by atoms with Gasteiger partial charge in [-0.25, -0.2) is 14.2 Å². The zero-order valence-electron chi connectivity index (χ0n) is 31.4. The number of halogens is 1. The summed E-state index contributed by atoms with van der Waals surface area (Å²) >= 11 is 1.48. The number of rotatable bonds is 13. The molecular weight excluding hydrogens is 658 g/mol. The van der Waals surface area contributed by atoms with Crippen molar-refractivity contribution in [2.45, 2.75) is 73.1 Å². The van der Waals surface area contributed by atoms with Crippen LogP contribution in [0.3, 0.4) is 0 Å². The SMILES string of the molecule is C=C(c1cc(N(Cc2ccc(Oc3ccccc3)cc2)C(=O)[C@H](CC)NC(=O)OC(C)(C)C)c(C)cc1F)N(CSC)N=NC.CC.COC.[HH]. The van der Waals surface area contributed by atoms with Crippen LogP contribution in [0.1, 0.15) is 66.1 Å². The van der Waals surface area contributed by atoms with Gasteiger partial charge in [0.2, 0.25) is 5.91 Å². The van der Waals surface area contributed by atoms with Gasteiger partial charge in [-0.1, -0.05) is 62.9 Å². The van der Waals surface area contributed by atoms with Gasteiger partial charge < -0.3 is 24.4 Å². The number of nitrogens with one attached hydrogen (secondary N) is 1. The van der Waals surface area contributed by atoms with Crippen LogP contribution in [-0.2, 0) is 20.8 Å². The van der Waals surface area contributed by atoms with E-state index in [4.69, 9.17) is 9.47 Å². The number of alkyl carbamates (subject to hydrolysis) is 1. The highest BCUT2D eigenvalue weighted by molar-refractivity contribution is 7.98. The Balaban J connectivity index is 0.00000395. The number of aryl methyl sites for hydroxylation is 1. The van der Waals surface area contributed by atoms with Crippen molar-refractivity contribution in [3.63, 3.8) is 0 Å². The minimum Gasteiger partial charge on any atom is -0.457 e. The molecular formula is C38H56FN5O5S. The molecule has 0 spiro atoms. The lowest BCUT2D eigenvalue weighted by Crippen LogP contribution is -2.49. The maximum atomic E-state index is 15.4. The predicted octanol–water partition coefficient (Wildman–Crippen LogP) is 9.89. The van der Waals surface area contributed by atoms with Gasteiger partial charge in [-0.15, -0.1) is 11.8 Å². The number of thioether (sulfide) groups is 1. The van der Waals surface area contributed by atoms with Gasteiger partial charge in [0.15, 0.2) is 0 Å². The van der Waals surface area contributed by atoms with E-state index in [1.165, 1.54) is 29.9 Å². The lowest BCUT2D eigenvalue weighted by molar-refractivity contribution is -0.120. The fraction of sp³-hybridized carbons (Fsp3) is 0.421. The van der Waals surface area contributed by atoms with Crippen LogP contribution in [-0.4, -0.2) is 62.1 Å². The summed E-state index contributed by atoms with van der Waals surface area (Å²) < 4.78 is 31.0. The summed E-state index contributed by atoms with van der Waals surface area (Å²) in [5.74, 6) is 0.849. The monoisotopic (exact) mass is 713 g/mol. The third-order valence-corrected chi connectivity index (χ3v) is 7.06. The molecule has 3 rings (SSSR count). The summed E-state index contributed by atoms with van der Waals surface area (Å²) in [5, 5.41) is 12.1. The Hall–Kier alpha value is -4.42. The molecule has 0 radical (unpaired) electrons. The average molecular weight is 714 g/mol. The molecule has 0 aliphatic rings. The first-order valence-electron chi connectivity index (χ1n) is 16.4. The smallest absolute Gasteiger partial charge is 0.408 e. The number of anilines is 1. The van der Waals surface area contributed by atoms with Crippen LogP contribution in [0.5, 0.6) is 11.5 Å². The third-order valence-electron chi connectivity index (χ3n) is 6.55. The van der Waals surface area contributed by atoms with E-state index < -0.39 is 23.6 Å². The number of carbonyl (C=O) groups is 2. The van der Waals surface area contributed by atoms with Gasteiger partial charge in [-0.05, 0) is 87.9 Å². The molecule has 12 heteroatoms. The van der Waals surface area contributed by atoms with Crippen molar-refractivity contribution in [1.82, 2.24) is 10.3 Å². The number of para-hydroxylation sites is 1. The molecule has 1 atom stereocenters. The molecule has 3 aromatic carbocycles. The van der Waals surface area contributed by atoms with E-state index in [2.05, 4.69) is 27.0 Å². The molecule has 0 saturated heterocycles. The number of methoxy groups -OCH3 is 1. The maximum absolute atomic E-state index is 15.4. The molecule has 0 fully saturated rings. The van der Waals surface area contributed by atoms with Crippen LogP contribution in [0.15, 0.2) is 83.6 Å². The highest BCUT2D eigenvalue weighted by Crippen LogP contribution is 2.32. The van der Waals surface area contributed by atoms with Crippen molar-refractivity contribution in [2.24, 2.45) is 10.3 Å². The zero-order chi connectivity index (χ0) is 37.9. The molecule has 2 amide bonds. The van der Waals surface area contributed by atoms with Gasteiger partial charge in [0.1, 0.15) is 29.0 Å². The lowest BCUT2D eigenvalue weighted by Gasteiger charge is -2.30. The molecule has 50 heavy (non-hydrogen) atoms. The van der Waals surface area contributed by atoms with Crippen molar-refractivity contribution in [3.05, 3.63) is 95.8 Å².